The van der Waals surface area contributed by atoms with Gasteiger partial charge in [-0.1, -0.05) is 31.7 Å². The fourth-order valence-electron chi connectivity index (χ4n) is 3.36. The lowest BCUT2D eigenvalue weighted by molar-refractivity contribution is 0.152. The summed E-state index contributed by atoms with van der Waals surface area (Å²) >= 11 is 0. The van der Waals surface area contributed by atoms with E-state index in [2.05, 4.69) is 30.8 Å². The smallest absolute Gasteiger partial charge is 0.129 e. The Labute approximate surface area is 132 Å². The van der Waals surface area contributed by atoms with Gasteiger partial charge < -0.3 is 10.1 Å². The number of rotatable bonds is 6. The Kier molecular flexibility index (Phi) is 5.24. The lowest BCUT2D eigenvalue weighted by Crippen LogP contribution is -2.33. The van der Waals surface area contributed by atoms with Crippen molar-refractivity contribution in [3.05, 3.63) is 47.4 Å². The molecule has 1 aromatic rings. The number of halogens is 1. The molecule has 1 aliphatic rings. The van der Waals surface area contributed by atoms with Crippen molar-refractivity contribution in [2.24, 2.45) is 5.41 Å². The number of likely N-dealkylation sites (tertiary alicyclic amines) is 1. The summed E-state index contributed by atoms with van der Waals surface area (Å²) in [6, 6.07) is 5.92. The average molecular weight is 306 g/mol. The minimum absolute atomic E-state index is 0.0903. The first kappa shape index (κ1) is 17.0. The maximum atomic E-state index is 14.3. The number of hydroxylamine groups is 1. The van der Waals surface area contributed by atoms with E-state index in [0.29, 0.717) is 24.6 Å². The van der Waals surface area contributed by atoms with Crippen LogP contribution < -0.4 is 5.48 Å². The van der Waals surface area contributed by atoms with Crippen LogP contribution in [0.2, 0.25) is 0 Å². The molecule has 2 N–H and O–H groups in total. The topological polar surface area (TPSA) is 35.5 Å². The van der Waals surface area contributed by atoms with Crippen molar-refractivity contribution < 1.29 is 9.60 Å². The molecule has 0 aliphatic carbocycles. The molecule has 4 heteroatoms. The quantitative estimate of drug-likeness (QED) is 0.787. The van der Waals surface area contributed by atoms with Gasteiger partial charge in [-0.2, -0.15) is 0 Å². The zero-order valence-electron chi connectivity index (χ0n) is 13.8. The number of aryl methyl sites for hydroxylation is 1. The maximum Gasteiger partial charge on any atom is 0.129 e. The summed E-state index contributed by atoms with van der Waals surface area (Å²) < 4.78 is 14.3. The van der Waals surface area contributed by atoms with E-state index in [9.17, 15) is 4.39 Å². The van der Waals surface area contributed by atoms with Gasteiger partial charge in [0.2, 0.25) is 0 Å². The van der Waals surface area contributed by atoms with E-state index in [-0.39, 0.29) is 11.2 Å². The van der Waals surface area contributed by atoms with E-state index in [1.54, 1.807) is 13.0 Å². The Morgan fingerprint density at radius 2 is 2.23 bits per heavy atom. The SMILES string of the molecule is C=C1N([C@H](C)CCNO)CCC1(C)Cc1cccc(C)c1F. The predicted octanol–water partition coefficient (Wildman–Crippen LogP) is 3.66. The van der Waals surface area contributed by atoms with E-state index in [1.165, 1.54) is 0 Å². The number of hydrogen-bond acceptors (Lipinski definition) is 3. The second kappa shape index (κ2) is 6.80. The summed E-state index contributed by atoms with van der Waals surface area (Å²) in [5, 5.41) is 8.75. The molecular formula is C18H27FN2O. The first-order valence-corrected chi connectivity index (χ1v) is 7.96. The van der Waals surface area contributed by atoms with Crippen LogP contribution in [0.5, 0.6) is 0 Å². The summed E-state index contributed by atoms with van der Waals surface area (Å²) in [4.78, 5) is 2.30. The van der Waals surface area contributed by atoms with Crippen molar-refractivity contribution in [1.29, 1.82) is 0 Å². The van der Waals surface area contributed by atoms with Crippen molar-refractivity contribution in [3.63, 3.8) is 0 Å². The fourth-order valence-corrected chi connectivity index (χ4v) is 3.36. The zero-order chi connectivity index (χ0) is 16.3. The van der Waals surface area contributed by atoms with E-state index in [1.807, 2.05) is 12.1 Å². The minimum atomic E-state index is -0.102. The summed E-state index contributed by atoms with van der Waals surface area (Å²) in [5.41, 5.74) is 4.66. The Morgan fingerprint density at radius 1 is 1.50 bits per heavy atom. The highest BCUT2D eigenvalue weighted by Crippen LogP contribution is 2.43. The second-order valence-corrected chi connectivity index (χ2v) is 6.72. The standard InChI is InChI=1S/C18H27FN2O/c1-13-6-5-7-16(17(13)19)12-18(4)9-11-21(15(18)3)14(2)8-10-20-22/h5-7,14,20,22H,3,8-12H2,1-2,4H3/t14-,18?/m1/s1. The van der Waals surface area contributed by atoms with Crippen LogP contribution in [-0.2, 0) is 6.42 Å². The summed E-state index contributed by atoms with van der Waals surface area (Å²) in [6.45, 7) is 11.9. The molecule has 0 amide bonds. The minimum Gasteiger partial charge on any atom is -0.372 e. The first-order chi connectivity index (χ1) is 10.4. The summed E-state index contributed by atoms with van der Waals surface area (Å²) in [7, 11) is 0. The number of nitrogens with one attached hydrogen (secondary N) is 1. The highest BCUT2D eigenvalue weighted by Gasteiger charge is 2.39. The van der Waals surface area contributed by atoms with Gasteiger partial charge >= 0.3 is 0 Å². The monoisotopic (exact) mass is 306 g/mol. The molecule has 2 rings (SSSR count). The third kappa shape index (κ3) is 3.33. The first-order valence-electron chi connectivity index (χ1n) is 7.96. The number of allylic oxidation sites excluding steroid dienone is 1. The molecular weight excluding hydrogens is 279 g/mol. The highest BCUT2D eigenvalue weighted by molar-refractivity contribution is 5.29. The lowest BCUT2D eigenvalue weighted by Gasteiger charge is -2.32. The van der Waals surface area contributed by atoms with Gasteiger partial charge in [-0.25, -0.2) is 9.87 Å². The molecule has 3 nitrogen and oxygen atoms in total. The average Bonchev–Trinajstić information content (AvgIpc) is 2.77. The number of hydrogen-bond donors (Lipinski definition) is 2. The highest BCUT2D eigenvalue weighted by atomic mass is 19.1. The molecule has 1 unspecified atom stereocenters. The normalized spacial score (nSPS) is 23.1. The van der Waals surface area contributed by atoms with Gasteiger partial charge in [0.25, 0.3) is 0 Å². The predicted molar refractivity (Wildman–Crippen MR) is 87.3 cm³/mol. The zero-order valence-corrected chi connectivity index (χ0v) is 13.8. The number of nitrogens with zero attached hydrogens (tertiary/aromatic N) is 1. The van der Waals surface area contributed by atoms with Gasteiger partial charge in [-0.15, -0.1) is 0 Å². The third-order valence-electron chi connectivity index (χ3n) is 5.01. The molecule has 1 heterocycles. The van der Waals surface area contributed by atoms with Crippen LogP contribution in [0.25, 0.3) is 0 Å². The van der Waals surface area contributed by atoms with Crippen molar-refractivity contribution in [2.45, 2.75) is 46.1 Å². The van der Waals surface area contributed by atoms with Crippen molar-refractivity contribution >= 4 is 0 Å². The molecule has 22 heavy (non-hydrogen) atoms. The second-order valence-electron chi connectivity index (χ2n) is 6.72. The van der Waals surface area contributed by atoms with Gasteiger partial charge in [0, 0.05) is 30.2 Å². The maximum absolute atomic E-state index is 14.3. The number of benzene rings is 1. The van der Waals surface area contributed by atoms with Crippen molar-refractivity contribution in [1.82, 2.24) is 10.4 Å². The van der Waals surface area contributed by atoms with Crippen molar-refractivity contribution in [2.75, 3.05) is 13.1 Å². The van der Waals surface area contributed by atoms with Crippen LogP contribution in [-0.4, -0.2) is 29.2 Å². The lowest BCUT2D eigenvalue weighted by atomic mass is 9.80. The summed E-state index contributed by atoms with van der Waals surface area (Å²) in [5.74, 6) is -0.0903. The van der Waals surface area contributed by atoms with Crippen LogP contribution in [0.1, 0.15) is 37.8 Å². The Balaban J connectivity index is 2.11. The Hall–Kier alpha value is -1.39. The van der Waals surface area contributed by atoms with Gasteiger partial charge in [0.1, 0.15) is 5.82 Å². The molecule has 2 atom stereocenters. The molecule has 122 valence electrons. The van der Waals surface area contributed by atoms with E-state index in [4.69, 9.17) is 5.21 Å². The van der Waals surface area contributed by atoms with E-state index in [0.717, 1.165) is 30.6 Å². The van der Waals surface area contributed by atoms with Crippen LogP contribution in [0.15, 0.2) is 30.5 Å². The fraction of sp³-hybridized carbons (Fsp3) is 0.556. The van der Waals surface area contributed by atoms with Crippen LogP contribution >= 0.6 is 0 Å². The third-order valence-corrected chi connectivity index (χ3v) is 5.01. The molecule has 0 aromatic heterocycles. The Bertz CT molecular complexity index is 546. The molecule has 0 saturated carbocycles. The van der Waals surface area contributed by atoms with Crippen LogP contribution in [0.3, 0.4) is 0 Å². The van der Waals surface area contributed by atoms with E-state index >= 15 is 0 Å². The summed E-state index contributed by atoms with van der Waals surface area (Å²) in [6.07, 6.45) is 2.52. The largest absolute Gasteiger partial charge is 0.372 e. The molecule has 0 spiro atoms. The van der Waals surface area contributed by atoms with Gasteiger partial charge in [-0.3, -0.25) is 0 Å². The van der Waals surface area contributed by atoms with Gasteiger partial charge in [-0.05, 0) is 44.2 Å². The van der Waals surface area contributed by atoms with E-state index < -0.39 is 0 Å². The molecule has 1 aliphatic heterocycles. The van der Waals surface area contributed by atoms with Gasteiger partial charge in [0.05, 0.1) is 0 Å². The Morgan fingerprint density at radius 3 is 2.91 bits per heavy atom. The molecule has 1 fully saturated rings. The molecule has 1 aromatic carbocycles. The van der Waals surface area contributed by atoms with Crippen LogP contribution in [0, 0.1) is 18.2 Å². The molecule has 0 radical (unpaired) electrons. The van der Waals surface area contributed by atoms with Crippen LogP contribution in [0.4, 0.5) is 4.39 Å². The van der Waals surface area contributed by atoms with Crippen molar-refractivity contribution in [3.8, 4) is 0 Å². The van der Waals surface area contributed by atoms with Gasteiger partial charge in [0.15, 0.2) is 0 Å². The molecule has 1 saturated heterocycles. The molecule has 0 bridgehead atoms.